The number of carbonyl (C=O) groups is 1. The summed E-state index contributed by atoms with van der Waals surface area (Å²) in [4.78, 5) is 30.7. The van der Waals surface area contributed by atoms with Crippen molar-refractivity contribution in [2.24, 2.45) is 0 Å². The van der Waals surface area contributed by atoms with Gasteiger partial charge >= 0.3 is 5.63 Å². The zero-order chi connectivity index (χ0) is 21.5. The van der Waals surface area contributed by atoms with Crippen LogP contribution < -0.4 is 15.8 Å². The Morgan fingerprint density at radius 3 is 2.61 bits per heavy atom. The van der Waals surface area contributed by atoms with E-state index in [1.54, 1.807) is 12.1 Å². The Morgan fingerprint density at radius 2 is 1.81 bits per heavy atom. The van der Waals surface area contributed by atoms with Crippen molar-refractivity contribution < 1.29 is 9.21 Å². The number of fused-ring (bicyclic) bond motifs is 3. The molecule has 4 aromatic rings. The first-order chi connectivity index (χ1) is 15.0. The maximum absolute atomic E-state index is 13.1. The molecule has 1 saturated heterocycles. The van der Waals surface area contributed by atoms with Crippen LogP contribution >= 0.6 is 11.3 Å². The van der Waals surface area contributed by atoms with Gasteiger partial charge in [0.25, 0.3) is 5.91 Å². The number of nitrogens with one attached hydrogen (secondary N) is 1. The minimum absolute atomic E-state index is 0.219. The van der Waals surface area contributed by atoms with E-state index in [2.05, 4.69) is 22.2 Å². The number of hydrogen-bond acceptors (Lipinski definition) is 6. The number of likely N-dealkylation sites (N-methyl/N-ethyl adjacent to an activating group) is 1. The number of para-hydroxylation sites is 2. The predicted molar refractivity (Wildman–Crippen MR) is 127 cm³/mol. The highest BCUT2D eigenvalue weighted by molar-refractivity contribution is 7.21. The number of piperazine rings is 1. The molecule has 0 bridgehead atoms. The van der Waals surface area contributed by atoms with E-state index in [-0.39, 0.29) is 5.91 Å². The number of nitrogens with zero attached hydrogens (tertiary/aromatic N) is 2. The monoisotopic (exact) mass is 433 g/mol. The molecule has 31 heavy (non-hydrogen) atoms. The molecule has 158 valence electrons. The predicted octanol–water partition coefficient (Wildman–Crippen LogP) is 4.32. The molecule has 3 heterocycles. The Morgan fingerprint density at radius 1 is 1.03 bits per heavy atom. The molecule has 2 aromatic heterocycles. The lowest BCUT2D eigenvalue weighted by atomic mass is 10.1. The summed E-state index contributed by atoms with van der Waals surface area (Å²) >= 11 is 1.33. The lowest BCUT2D eigenvalue weighted by molar-refractivity contribution is 0.103. The van der Waals surface area contributed by atoms with Crippen LogP contribution in [0.5, 0.6) is 0 Å². The van der Waals surface area contributed by atoms with Gasteiger partial charge in [0.15, 0.2) is 0 Å². The van der Waals surface area contributed by atoms with Crippen molar-refractivity contribution in [2.45, 2.75) is 6.92 Å². The third-order valence-electron chi connectivity index (χ3n) is 5.75. The summed E-state index contributed by atoms with van der Waals surface area (Å²) in [6, 6.07) is 15.2. The van der Waals surface area contributed by atoms with Crippen molar-refractivity contribution in [3.8, 4) is 0 Å². The van der Waals surface area contributed by atoms with Gasteiger partial charge in [0, 0.05) is 31.6 Å². The number of hydrogen-bond donors (Lipinski definition) is 1. The second-order valence-corrected chi connectivity index (χ2v) is 9.06. The van der Waals surface area contributed by atoms with Gasteiger partial charge in [0.2, 0.25) is 0 Å². The number of thiophene rings is 1. The molecule has 0 saturated carbocycles. The van der Waals surface area contributed by atoms with Crippen molar-refractivity contribution in [3.63, 3.8) is 0 Å². The molecule has 0 aliphatic carbocycles. The van der Waals surface area contributed by atoms with Gasteiger partial charge in [-0.2, -0.15) is 0 Å². The first-order valence-electron chi connectivity index (χ1n) is 10.3. The van der Waals surface area contributed by atoms with Crippen molar-refractivity contribution in [2.75, 3.05) is 43.4 Å². The van der Waals surface area contributed by atoms with Crippen LogP contribution in [0.4, 0.5) is 11.4 Å². The molecule has 1 fully saturated rings. The molecular formula is C24H23N3O3S. The third-order valence-corrected chi connectivity index (χ3v) is 6.92. The van der Waals surface area contributed by atoms with Gasteiger partial charge in [0.1, 0.15) is 5.58 Å². The van der Waals surface area contributed by atoms with E-state index in [0.29, 0.717) is 15.8 Å². The van der Waals surface area contributed by atoms with Crippen LogP contribution in [0.2, 0.25) is 0 Å². The van der Waals surface area contributed by atoms with Gasteiger partial charge in [-0.3, -0.25) is 4.79 Å². The first-order valence-corrected chi connectivity index (χ1v) is 11.1. The van der Waals surface area contributed by atoms with Crippen LogP contribution in [0, 0.1) is 6.92 Å². The van der Waals surface area contributed by atoms with E-state index in [9.17, 15) is 9.59 Å². The van der Waals surface area contributed by atoms with Crippen LogP contribution in [0.25, 0.3) is 21.1 Å². The molecule has 0 atom stereocenters. The standard InChI is InChI=1S/C24H23N3O3S/c1-15-7-8-20-16(13-15)22-17(24(29)30-20)14-21(31-22)23(28)25-18-5-3-4-6-19(18)27-11-9-26(2)10-12-27/h3-8,13-14H,9-12H2,1-2H3,(H,25,28). The van der Waals surface area contributed by atoms with Gasteiger partial charge in [-0.1, -0.05) is 23.8 Å². The highest BCUT2D eigenvalue weighted by Crippen LogP contribution is 2.33. The maximum Gasteiger partial charge on any atom is 0.345 e. The summed E-state index contributed by atoms with van der Waals surface area (Å²) < 4.78 is 6.24. The highest BCUT2D eigenvalue weighted by atomic mass is 32.1. The lowest BCUT2D eigenvalue weighted by Crippen LogP contribution is -2.44. The van der Waals surface area contributed by atoms with Crippen LogP contribution in [-0.4, -0.2) is 44.0 Å². The molecule has 0 radical (unpaired) electrons. The number of carbonyl (C=O) groups excluding carboxylic acids is 1. The van der Waals surface area contributed by atoms with E-state index in [4.69, 9.17) is 4.42 Å². The average Bonchev–Trinajstić information content (AvgIpc) is 3.22. The highest BCUT2D eigenvalue weighted by Gasteiger charge is 2.20. The second kappa shape index (κ2) is 7.83. The van der Waals surface area contributed by atoms with E-state index >= 15 is 0 Å². The van der Waals surface area contributed by atoms with E-state index < -0.39 is 5.63 Å². The lowest BCUT2D eigenvalue weighted by Gasteiger charge is -2.35. The van der Waals surface area contributed by atoms with Gasteiger partial charge in [0.05, 0.1) is 26.3 Å². The molecule has 1 N–H and O–H groups in total. The number of amides is 1. The van der Waals surface area contributed by atoms with Gasteiger partial charge in [-0.15, -0.1) is 11.3 Å². The number of rotatable bonds is 3. The van der Waals surface area contributed by atoms with E-state index in [1.165, 1.54) is 11.3 Å². The summed E-state index contributed by atoms with van der Waals surface area (Å²) in [7, 11) is 2.12. The van der Waals surface area contributed by atoms with E-state index in [0.717, 1.165) is 53.2 Å². The minimum atomic E-state index is -0.417. The number of aryl methyl sites for hydroxylation is 1. The van der Waals surface area contributed by atoms with Crippen molar-refractivity contribution in [3.05, 3.63) is 69.4 Å². The molecule has 2 aromatic carbocycles. The summed E-state index contributed by atoms with van der Waals surface area (Å²) in [5.41, 5.74) is 2.99. The van der Waals surface area contributed by atoms with Crippen molar-refractivity contribution in [1.29, 1.82) is 0 Å². The molecular weight excluding hydrogens is 410 g/mol. The average molecular weight is 434 g/mol. The SMILES string of the molecule is Cc1ccc2oc(=O)c3cc(C(=O)Nc4ccccc4N4CCN(C)CC4)sc3c2c1. The van der Waals surface area contributed by atoms with Crippen LogP contribution in [0.15, 0.2) is 57.7 Å². The fraction of sp³-hybridized carbons (Fsp3) is 0.250. The Labute approximate surface area is 183 Å². The Bertz CT molecular complexity index is 1350. The van der Waals surface area contributed by atoms with Crippen molar-refractivity contribution in [1.82, 2.24) is 4.90 Å². The van der Waals surface area contributed by atoms with Gasteiger partial charge in [-0.05, 0) is 44.3 Å². The molecule has 7 heteroatoms. The Kier molecular flexibility index (Phi) is 5.00. The zero-order valence-corrected chi connectivity index (χ0v) is 18.3. The molecule has 1 amide bonds. The summed E-state index contributed by atoms with van der Waals surface area (Å²) in [6.07, 6.45) is 0. The molecule has 1 aliphatic rings. The maximum atomic E-state index is 13.1. The normalized spacial score (nSPS) is 15.0. The van der Waals surface area contributed by atoms with Gasteiger partial charge in [-0.25, -0.2) is 4.79 Å². The molecule has 0 unspecified atom stereocenters. The summed E-state index contributed by atoms with van der Waals surface area (Å²) in [6.45, 7) is 5.80. The second-order valence-electron chi connectivity index (χ2n) is 8.00. The topological polar surface area (TPSA) is 65.8 Å². The summed E-state index contributed by atoms with van der Waals surface area (Å²) in [5.74, 6) is -0.219. The zero-order valence-electron chi connectivity index (χ0n) is 17.5. The van der Waals surface area contributed by atoms with Crippen LogP contribution in [0.1, 0.15) is 15.2 Å². The first kappa shape index (κ1) is 19.8. The van der Waals surface area contributed by atoms with Crippen LogP contribution in [-0.2, 0) is 0 Å². The fourth-order valence-corrected chi connectivity index (χ4v) is 5.07. The van der Waals surface area contributed by atoms with Crippen molar-refractivity contribution >= 4 is 49.7 Å². The van der Waals surface area contributed by atoms with Crippen LogP contribution in [0.3, 0.4) is 0 Å². The molecule has 6 nitrogen and oxygen atoms in total. The smallest absolute Gasteiger partial charge is 0.345 e. The summed E-state index contributed by atoms with van der Waals surface area (Å²) in [5, 5.41) is 4.36. The molecule has 5 rings (SSSR count). The molecule has 1 aliphatic heterocycles. The Balaban J connectivity index is 1.49. The largest absolute Gasteiger partial charge is 0.422 e. The number of benzene rings is 2. The fourth-order valence-electron chi connectivity index (χ4n) is 4.01. The number of anilines is 2. The minimum Gasteiger partial charge on any atom is -0.422 e. The quantitative estimate of drug-likeness (QED) is 0.488. The Hall–Kier alpha value is -3.16. The van der Waals surface area contributed by atoms with Gasteiger partial charge < -0.3 is 19.5 Å². The third kappa shape index (κ3) is 3.71. The molecule has 0 spiro atoms. The van der Waals surface area contributed by atoms with E-state index in [1.807, 2.05) is 43.3 Å².